The number of hydrogen-bond donors (Lipinski definition) is 3. The van der Waals surface area contributed by atoms with E-state index < -0.39 is 10.8 Å². The molecule has 0 radical (unpaired) electrons. The molecular weight excluding hydrogens is 308 g/mol. The van der Waals surface area contributed by atoms with Crippen molar-refractivity contribution in [2.75, 3.05) is 12.8 Å². The number of nitrogens with zero attached hydrogens (tertiary/aromatic N) is 1. The predicted octanol–water partition coefficient (Wildman–Crippen LogP) is 4.12. The molecule has 1 aromatic heterocycles. The normalized spacial score (nSPS) is 12.7. The molecule has 3 aromatic rings. The van der Waals surface area contributed by atoms with Crippen molar-refractivity contribution in [2.24, 2.45) is 0 Å². The second kappa shape index (κ2) is 6.76. The molecule has 0 aliphatic carbocycles. The zero-order valence-corrected chi connectivity index (χ0v) is 14.0. The Bertz CT molecular complexity index is 784. The molecule has 122 valence electrons. The Kier molecular flexibility index (Phi) is 4.73. The molecule has 3 N–H and O–H groups in total. The first-order valence-corrected chi connectivity index (χ1v) is 9.35. The zero-order valence-electron chi connectivity index (χ0n) is 13.1. The molecule has 0 aliphatic heterocycles. The SMILES string of the molecule is CNS(O)(O)CCc1ccc2c(ccn2Cc2ccccc2)c1. The van der Waals surface area contributed by atoms with Crippen LogP contribution in [0.25, 0.3) is 10.9 Å². The lowest BCUT2D eigenvalue weighted by Crippen LogP contribution is -2.19. The highest BCUT2D eigenvalue weighted by molar-refractivity contribution is 8.22. The molecule has 4 nitrogen and oxygen atoms in total. The first kappa shape index (κ1) is 16.1. The van der Waals surface area contributed by atoms with Crippen LogP contribution < -0.4 is 4.72 Å². The third-order valence-electron chi connectivity index (χ3n) is 4.03. The molecule has 0 atom stereocenters. The second-order valence-corrected chi connectivity index (χ2v) is 7.80. The lowest BCUT2D eigenvalue weighted by Gasteiger charge is -2.31. The number of fused-ring (bicyclic) bond motifs is 1. The molecule has 1 heterocycles. The van der Waals surface area contributed by atoms with E-state index in [0.717, 1.165) is 12.1 Å². The van der Waals surface area contributed by atoms with Crippen LogP contribution in [0, 0.1) is 0 Å². The number of rotatable bonds is 6. The van der Waals surface area contributed by atoms with E-state index in [9.17, 15) is 9.11 Å². The minimum Gasteiger partial charge on any atom is -0.343 e. The maximum atomic E-state index is 9.69. The lowest BCUT2D eigenvalue weighted by atomic mass is 10.1. The molecule has 0 amide bonds. The fraction of sp³-hybridized carbons (Fsp3) is 0.222. The number of hydrogen-bond acceptors (Lipinski definition) is 3. The van der Waals surface area contributed by atoms with Crippen LogP contribution in [0.3, 0.4) is 0 Å². The average Bonchev–Trinajstić information content (AvgIpc) is 2.96. The fourth-order valence-electron chi connectivity index (χ4n) is 2.69. The van der Waals surface area contributed by atoms with E-state index >= 15 is 0 Å². The van der Waals surface area contributed by atoms with Gasteiger partial charge in [0.15, 0.2) is 0 Å². The molecule has 5 heteroatoms. The summed E-state index contributed by atoms with van der Waals surface area (Å²) < 4.78 is 24.2. The first-order valence-electron chi connectivity index (χ1n) is 7.63. The summed E-state index contributed by atoms with van der Waals surface area (Å²) in [7, 11) is -1.09. The zero-order chi connectivity index (χ0) is 16.3. The van der Waals surface area contributed by atoms with Gasteiger partial charge in [-0.15, -0.1) is 10.8 Å². The van der Waals surface area contributed by atoms with Crippen molar-refractivity contribution in [3.63, 3.8) is 0 Å². The van der Waals surface area contributed by atoms with Gasteiger partial charge in [-0.1, -0.05) is 36.4 Å². The Balaban J connectivity index is 1.77. The Morgan fingerprint density at radius 3 is 2.52 bits per heavy atom. The van der Waals surface area contributed by atoms with Gasteiger partial charge in [0.1, 0.15) is 0 Å². The highest BCUT2D eigenvalue weighted by atomic mass is 32.3. The van der Waals surface area contributed by atoms with Gasteiger partial charge in [0.05, 0.1) is 5.75 Å². The summed E-state index contributed by atoms with van der Waals surface area (Å²) in [6.07, 6.45) is 2.74. The minimum atomic E-state index is -2.66. The second-order valence-electron chi connectivity index (χ2n) is 5.65. The Labute approximate surface area is 138 Å². The summed E-state index contributed by atoms with van der Waals surface area (Å²) >= 11 is 0. The standard InChI is InChI=1S/C18H22N2O2S/c1-19-23(21,22)12-10-15-7-8-18-17(13-15)9-11-20(18)14-16-5-3-2-4-6-16/h2-9,11,13,19,21-22H,10,12,14H2,1H3. The van der Waals surface area contributed by atoms with E-state index in [4.69, 9.17) is 0 Å². The number of aryl methyl sites for hydroxylation is 1. The van der Waals surface area contributed by atoms with Crippen LogP contribution in [0.1, 0.15) is 11.1 Å². The van der Waals surface area contributed by atoms with E-state index in [-0.39, 0.29) is 0 Å². The molecule has 0 unspecified atom stereocenters. The molecular formula is C18H22N2O2S. The first-order chi connectivity index (χ1) is 11.1. The van der Waals surface area contributed by atoms with Gasteiger partial charge in [0.2, 0.25) is 0 Å². The molecule has 0 fully saturated rings. The largest absolute Gasteiger partial charge is 0.343 e. The molecule has 0 spiro atoms. The molecule has 2 aromatic carbocycles. The van der Waals surface area contributed by atoms with Crippen LogP contribution in [-0.2, 0) is 13.0 Å². The van der Waals surface area contributed by atoms with Crippen molar-refractivity contribution < 1.29 is 9.11 Å². The summed E-state index contributed by atoms with van der Waals surface area (Å²) in [4.78, 5) is 0. The highest BCUT2D eigenvalue weighted by Gasteiger charge is 2.09. The number of nitrogens with one attached hydrogen (secondary N) is 1. The van der Waals surface area contributed by atoms with E-state index in [1.165, 1.54) is 16.5 Å². The van der Waals surface area contributed by atoms with Crippen LogP contribution in [0.2, 0.25) is 0 Å². The smallest absolute Gasteiger partial charge is 0.0568 e. The van der Waals surface area contributed by atoms with Crippen molar-refractivity contribution >= 4 is 21.7 Å². The highest BCUT2D eigenvalue weighted by Crippen LogP contribution is 2.33. The van der Waals surface area contributed by atoms with E-state index in [0.29, 0.717) is 12.2 Å². The Morgan fingerprint density at radius 1 is 1.00 bits per heavy atom. The maximum Gasteiger partial charge on any atom is 0.0568 e. The third kappa shape index (κ3) is 3.95. The van der Waals surface area contributed by atoms with Gasteiger partial charge in [-0.05, 0) is 41.1 Å². The summed E-state index contributed by atoms with van der Waals surface area (Å²) in [5.74, 6) is 0.333. The third-order valence-corrected chi connectivity index (χ3v) is 5.46. The van der Waals surface area contributed by atoms with Crippen LogP contribution in [0.4, 0.5) is 0 Å². The van der Waals surface area contributed by atoms with Gasteiger partial charge in [-0.2, -0.15) is 0 Å². The van der Waals surface area contributed by atoms with Crippen molar-refractivity contribution in [3.8, 4) is 0 Å². The average molecular weight is 330 g/mol. The van der Waals surface area contributed by atoms with Crippen LogP contribution >= 0.6 is 10.8 Å². The maximum absolute atomic E-state index is 9.69. The summed E-state index contributed by atoms with van der Waals surface area (Å²) in [5, 5.41) is 1.18. The van der Waals surface area contributed by atoms with Gasteiger partial charge in [-0.25, -0.2) is 4.72 Å². The van der Waals surface area contributed by atoms with Crippen molar-refractivity contribution in [2.45, 2.75) is 13.0 Å². The molecule has 0 bridgehead atoms. The summed E-state index contributed by atoms with van der Waals surface area (Å²) in [6, 6.07) is 18.8. The van der Waals surface area contributed by atoms with Gasteiger partial charge >= 0.3 is 0 Å². The van der Waals surface area contributed by atoms with E-state index in [1.807, 2.05) is 6.07 Å². The van der Waals surface area contributed by atoms with Crippen LogP contribution in [0.15, 0.2) is 60.8 Å². The monoisotopic (exact) mass is 330 g/mol. The van der Waals surface area contributed by atoms with Gasteiger partial charge in [-0.3, -0.25) is 9.11 Å². The lowest BCUT2D eigenvalue weighted by molar-refractivity contribution is 0.476. The molecule has 0 saturated carbocycles. The van der Waals surface area contributed by atoms with Crippen molar-refractivity contribution in [1.82, 2.24) is 9.29 Å². The molecule has 0 saturated heterocycles. The predicted molar refractivity (Wildman–Crippen MR) is 98.0 cm³/mol. The van der Waals surface area contributed by atoms with Gasteiger partial charge in [0, 0.05) is 25.3 Å². The van der Waals surface area contributed by atoms with E-state index in [2.05, 4.69) is 64.0 Å². The topological polar surface area (TPSA) is 57.4 Å². The molecule has 3 rings (SSSR count). The van der Waals surface area contributed by atoms with Crippen molar-refractivity contribution in [1.29, 1.82) is 0 Å². The van der Waals surface area contributed by atoms with Crippen LogP contribution in [-0.4, -0.2) is 26.5 Å². The number of aromatic nitrogens is 1. The summed E-state index contributed by atoms with van der Waals surface area (Å²) in [5.41, 5.74) is 3.58. The van der Waals surface area contributed by atoms with Gasteiger partial charge in [0.25, 0.3) is 0 Å². The quantitative estimate of drug-likeness (QED) is 0.637. The van der Waals surface area contributed by atoms with Crippen molar-refractivity contribution in [3.05, 3.63) is 71.9 Å². The molecule has 0 aliphatic rings. The number of benzene rings is 2. The Hall–Kier alpha value is -1.79. The Morgan fingerprint density at radius 2 is 1.78 bits per heavy atom. The van der Waals surface area contributed by atoms with Crippen LogP contribution in [0.5, 0.6) is 0 Å². The van der Waals surface area contributed by atoms with E-state index in [1.54, 1.807) is 7.05 Å². The summed E-state index contributed by atoms with van der Waals surface area (Å²) in [6.45, 7) is 0.851. The fourth-order valence-corrected chi connectivity index (χ4v) is 3.41. The minimum absolute atomic E-state index is 0.333. The molecule has 23 heavy (non-hydrogen) atoms. The van der Waals surface area contributed by atoms with Gasteiger partial charge < -0.3 is 4.57 Å².